The summed E-state index contributed by atoms with van der Waals surface area (Å²) in [6.45, 7) is 7.49. The molecule has 1 N–H and O–H groups in total. The summed E-state index contributed by atoms with van der Waals surface area (Å²) in [6.07, 6.45) is 3.42. The Hall–Kier alpha value is -3.70. The van der Waals surface area contributed by atoms with E-state index in [1.807, 2.05) is 23.1 Å². The Bertz CT molecular complexity index is 1430. The minimum atomic E-state index is 0.0459. The third-order valence-electron chi connectivity index (χ3n) is 7.72. The van der Waals surface area contributed by atoms with Gasteiger partial charge in [-0.1, -0.05) is 54.6 Å². The van der Waals surface area contributed by atoms with Crippen LogP contribution in [-0.2, 0) is 19.5 Å². The zero-order valence-electron chi connectivity index (χ0n) is 21.7. The number of hydrogen-bond acceptors (Lipinski definition) is 3. The van der Waals surface area contributed by atoms with E-state index >= 15 is 0 Å². The lowest BCUT2D eigenvalue weighted by Gasteiger charge is -2.24. The Kier molecular flexibility index (Phi) is 6.39. The fraction of sp³-hybridized carbons (Fsp3) is 0.312. The quantitative estimate of drug-likeness (QED) is 0.350. The molecule has 0 atom stereocenters. The molecular formula is C32H34N4O. The van der Waals surface area contributed by atoms with E-state index in [9.17, 15) is 4.79 Å². The Balaban J connectivity index is 1.30. The number of amides is 1. The first kappa shape index (κ1) is 23.7. The second-order valence-corrected chi connectivity index (χ2v) is 10.5. The van der Waals surface area contributed by atoms with Gasteiger partial charge in [0.15, 0.2) is 0 Å². The zero-order chi connectivity index (χ0) is 25.4. The topological polar surface area (TPSA) is 50.2 Å². The number of aromatic nitrogens is 2. The van der Waals surface area contributed by atoms with Crippen molar-refractivity contribution in [2.75, 3.05) is 18.0 Å². The first-order chi connectivity index (χ1) is 18.1. The molecule has 1 saturated carbocycles. The third kappa shape index (κ3) is 4.84. The molecule has 0 saturated heterocycles. The first-order valence-electron chi connectivity index (χ1n) is 13.4. The number of benzene rings is 3. The van der Waals surface area contributed by atoms with Crippen LogP contribution in [0, 0.1) is 19.8 Å². The van der Waals surface area contributed by atoms with Gasteiger partial charge in [-0.2, -0.15) is 0 Å². The smallest absolute Gasteiger partial charge is 0.258 e. The number of imidazole rings is 1. The maximum atomic E-state index is 13.9. The third-order valence-corrected chi connectivity index (χ3v) is 7.72. The molecule has 0 spiro atoms. The van der Waals surface area contributed by atoms with Crippen molar-refractivity contribution in [2.24, 2.45) is 5.92 Å². The number of fused-ring (bicyclic) bond motifs is 3. The molecule has 0 radical (unpaired) electrons. The Morgan fingerprint density at radius 1 is 1.00 bits per heavy atom. The predicted octanol–water partition coefficient (Wildman–Crippen LogP) is 5.92. The average molecular weight is 491 g/mol. The summed E-state index contributed by atoms with van der Waals surface area (Å²) in [5, 5.41) is 3.57. The number of nitrogens with one attached hydrogen (secondary N) is 1. The molecule has 1 aliphatic carbocycles. The molecule has 1 aliphatic heterocycles. The van der Waals surface area contributed by atoms with Gasteiger partial charge in [0.2, 0.25) is 0 Å². The SMILES string of the molecule is Cc1cc(C(=O)N2CCc3nc(C)n(Cc4ccccc4)c3-c3ccccc32)ccc1CNCC1CC1. The van der Waals surface area contributed by atoms with Crippen LogP contribution in [-0.4, -0.2) is 28.5 Å². The fourth-order valence-corrected chi connectivity index (χ4v) is 5.44. The summed E-state index contributed by atoms with van der Waals surface area (Å²) in [5.41, 5.74) is 8.60. The minimum absolute atomic E-state index is 0.0459. The van der Waals surface area contributed by atoms with Crippen LogP contribution in [0.15, 0.2) is 72.8 Å². The van der Waals surface area contributed by atoms with Crippen molar-refractivity contribution in [1.82, 2.24) is 14.9 Å². The molecule has 188 valence electrons. The van der Waals surface area contributed by atoms with Gasteiger partial charge in [0, 0.05) is 37.2 Å². The van der Waals surface area contributed by atoms with Crippen LogP contribution in [0.2, 0.25) is 0 Å². The number of carbonyl (C=O) groups is 1. The van der Waals surface area contributed by atoms with Crippen LogP contribution < -0.4 is 10.2 Å². The van der Waals surface area contributed by atoms with Crippen molar-refractivity contribution in [3.8, 4) is 11.3 Å². The van der Waals surface area contributed by atoms with Crippen LogP contribution in [0.3, 0.4) is 0 Å². The predicted molar refractivity (Wildman–Crippen MR) is 149 cm³/mol. The lowest BCUT2D eigenvalue weighted by Crippen LogP contribution is -2.32. The molecule has 4 aromatic rings. The number of hydrogen-bond donors (Lipinski definition) is 1. The second kappa shape index (κ2) is 9.98. The molecule has 2 aliphatic rings. The van der Waals surface area contributed by atoms with E-state index in [0.29, 0.717) is 6.54 Å². The maximum Gasteiger partial charge on any atom is 0.258 e. The maximum absolute atomic E-state index is 13.9. The van der Waals surface area contributed by atoms with Crippen molar-refractivity contribution in [3.63, 3.8) is 0 Å². The summed E-state index contributed by atoms with van der Waals surface area (Å²) < 4.78 is 2.30. The van der Waals surface area contributed by atoms with E-state index in [0.717, 1.165) is 71.6 Å². The lowest BCUT2D eigenvalue weighted by molar-refractivity contribution is 0.0987. The van der Waals surface area contributed by atoms with Crippen molar-refractivity contribution in [3.05, 3.63) is 107 Å². The van der Waals surface area contributed by atoms with Crippen molar-refractivity contribution in [2.45, 2.75) is 46.2 Å². The number of nitrogens with zero attached hydrogens (tertiary/aromatic N) is 3. The molecule has 0 unspecified atom stereocenters. The molecule has 6 rings (SSSR count). The van der Waals surface area contributed by atoms with Crippen LogP contribution in [0.1, 0.15) is 51.4 Å². The Morgan fingerprint density at radius 2 is 1.78 bits per heavy atom. The first-order valence-corrected chi connectivity index (χ1v) is 13.4. The van der Waals surface area contributed by atoms with Gasteiger partial charge in [0.1, 0.15) is 5.82 Å². The standard InChI is InChI=1S/C32H34N4O/c1-22-18-26(14-15-27(22)20-33-19-24-12-13-24)32(37)35-17-16-29-31(28-10-6-7-11-30(28)35)36(23(2)34-29)21-25-8-4-3-5-9-25/h3-11,14-15,18,24,33H,12-13,16-17,19-21H2,1-2H3. The fourth-order valence-electron chi connectivity index (χ4n) is 5.44. The van der Waals surface area contributed by atoms with Crippen molar-refractivity contribution in [1.29, 1.82) is 0 Å². The van der Waals surface area contributed by atoms with E-state index < -0.39 is 0 Å². The highest BCUT2D eigenvalue weighted by molar-refractivity contribution is 6.08. The average Bonchev–Trinajstić information content (AvgIpc) is 3.71. The van der Waals surface area contributed by atoms with Gasteiger partial charge >= 0.3 is 0 Å². The molecular weight excluding hydrogens is 456 g/mol. The molecule has 1 fully saturated rings. The van der Waals surface area contributed by atoms with E-state index in [1.165, 1.54) is 24.0 Å². The van der Waals surface area contributed by atoms with E-state index in [4.69, 9.17) is 4.98 Å². The largest absolute Gasteiger partial charge is 0.323 e. The molecule has 2 heterocycles. The highest BCUT2D eigenvalue weighted by atomic mass is 16.2. The summed E-state index contributed by atoms with van der Waals surface area (Å²) in [6, 6.07) is 24.9. The van der Waals surface area contributed by atoms with Gasteiger partial charge < -0.3 is 14.8 Å². The molecule has 0 bridgehead atoms. The van der Waals surface area contributed by atoms with Gasteiger partial charge in [-0.25, -0.2) is 4.98 Å². The van der Waals surface area contributed by atoms with E-state index in [1.54, 1.807) is 0 Å². The summed E-state index contributed by atoms with van der Waals surface area (Å²) in [5.74, 6) is 1.91. The van der Waals surface area contributed by atoms with Gasteiger partial charge in [-0.15, -0.1) is 0 Å². The van der Waals surface area contributed by atoms with Crippen LogP contribution in [0.4, 0.5) is 5.69 Å². The lowest BCUT2D eigenvalue weighted by atomic mass is 10.0. The Morgan fingerprint density at radius 3 is 2.57 bits per heavy atom. The van der Waals surface area contributed by atoms with E-state index in [-0.39, 0.29) is 5.91 Å². The molecule has 1 aromatic heterocycles. The number of anilines is 1. The van der Waals surface area contributed by atoms with Crippen LogP contribution in [0.5, 0.6) is 0 Å². The number of carbonyl (C=O) groups excluding carboxylic acids is 1. The monoisotopic (exact) mass is 490 g/mol. The summed E-state index contributed by atoms with van der Waals surface area (Å²) in [4.78, 5) is 20.8. The molecule has 37 heavy (non-hydrogen) atoms. The van der Waals surface area contributed by atoms with Crippen molar-refractivity contribution >= 4 is 11.6 Å². The van der Waals surface area contributed by atoms with Gasteiger partial charge in [-0.05, 0) is 74.0 Å². The highest BCUT2D eigenvalue weighted by Crippen LogP contribution is 2.38. The van der Waals surface area contributed by atoms with Gasteiger partial charge in [0.05, 0.1) is 17.1 Å². The molecule has 5 heteroatoms. The minimum Gasteiger partial charge on any atom is -0.323 e. The van der Waals surface area contributed by atoms with Gasteiger partial charge in [-0.3, -0.25) is 4.79 Å². The summed E-state index contributed by atoms with van der Waals surface area (Å²) in [7, 11) is 0. The second-order valence-electron chi connectivity index (χ2n) is 10.5. The van der Waals surface area contributed by atoms with E-state index in [2.05, 4.69) is 78.3 Å². The number of aryl methyl sites for hydroxylation is 2. The van der Waals surface area contributed by atoms with Gasteiger partial charge in [0.25, 0.3) is 5.91 Å². The Labute approximate surface area is 219 Å². The van der Waals surface area contributed by atoms with Crippen LogP contribution in [0.25, 0.3) is 11.3 Å². The van der Waals surface area contributed by atoms with Crippen LogP contribution >= 0.6 is 0 Å². The molecule has 1 amide bonds. The van der Waals surface area contributed by atoms with Crippen molar-refractivity contribution < 1.29 is 4.79 Å². The molecule has 3 aromatic carbocycles. The number of para-hydroxylation sites is 1. The highest BCUT2D eigenvalue weighted by Gasteiger charge is 2.29. The number of rotatable bonds is 7. The summed E-state index contributed by atoms with van der Waals surface area (Å²) >= 11 is 0. The zero-order valence-corrected chi connectivity index (χ0v) is 21.7. The molecule has 5 nitrogen and oxygen atoms in total. The normalized spacial score (nSPS) is 14.7.